The number of carbonyl (C=O) groups is 4. The van der Waals surface area contributed by atoms with Crippen molar-refractivity contribution in [1.29, 1.82) is 0 Å². The number of fused-ring (bicyclic) bond motifs is 2. The third kappa shape index (κ3) is 6.97. The fourth-order valence-electron chi connectivity index (χ4n) is 5.71. The van der Waals surface area contributed by atoms with E-state index in [1.54, 1.807) is 48.5 Å². The average Bonchev–Trinajstić information content (AvgIpc) is 3.46. The van der Waals surface area contributed by atoms with Gasteiger partial charge in [-0.05, 0) is 56.0 Å². The van der Waals surface area contributed by atoms with Gasteiger partial charge in [-0.15, -0.1) is 0 Å². The number of hydrogen-bond donors (Lipinski definition) is 1. The summed E-state index contributed by atoms with van der Waals surface area (Å²) >= 11 is 0. The zero-order valence-electron chi connectivity index (χ0n) is 25.4. The number of sulfonamides is 1. The van der Waals surface area contributed by atoms with E-state index in [1.807, 2.05) is 0 Å². The molecule has 246 valence electrons. The molecule has 14 nitrogen and oxygen atoms in total. The normalized spacial score (nSPS) is 14.4. The maximum atomic E-state index is 13.7. The molecule has 2 aliphatic heterocycles. The molecule has 0 aromatic heterocycles. The number of hydroxylamine groups is 2. The number of unbranched alkanes of at least 4 members (excludes halogenated alkanes) is 1. The van der Waals surface area contributed by atoms with Gasteiger partial charge in [0, 0.05) is 45.3 Å². The van der Waals surface area contributed by atoms with Gasteiger partial charge < -0.3 is 5.21 Å². The summed E-state index contributed by atoms with van der Waals surface area (Å²) in [5.41, 5.74) is 0.732. The topological polar surface area (TPSA) is 179 Å². The highest BCUT2D eigenvalue weighted by Crippen LogP contribution is 2.28. The molecule has 0 spiro atoms. The number of rotatable bonds is 16. The van der Waals surface area contributed by atoms with E-state index in [4.69, 9.17) is 0 Å². The summed E-state index contributed by atoms with van der Waals surface area (Å²) in [6.07, 6.45) is 0.967. The van der Waals surface area contributed by atoms with Crippen LogP contribution in [-0.2, 0) is 10.0 Å². The monoisotopic (exact) mass is 663 g/mol. The lowest BCUT2D eigenvalue weighted by Crippen LogP contribution is -2.36. The van der Waals surface area contributed by atoms with E-state index < -0.39 is 49.2 Å². The summed E-state index contributed by atoms with van der Waals surface area (Å²) in [5, 5.41) is 23.0. The van der Waals surface area contributed by atoms with E-state index in [9.17, 15) is 42.9 Å². The lowest BCUT2D eigenvalue weighted by molar-refractivity contribution is -0.387. The van der Waals surface area contributed by atoms with E-state index >= 15 is 0 Å². The van der Waals surface area contributed by atoms with E-state index in [0.29, 0.717) is 22.3 Å². The molecular formula is C32H33N5O9S. The van der Waals surface area contributed by atoms with E-state index in [2.05, 4.69) is 0 Å². The van der Waals surface area contributed by atoms with Gasteiger partial charge in [-0.3, -0.25) is 39.1 Å². The van der Waals surface area contributed by atoms with Crippen LogP contribution in [0.5, 0.6) is 0 Å². The zero-order chi connectivity index (χ0) is 33.7. The number of amides is 4. The molecule has 2 heterocycles. The number of hydrogen-bond acceptors (Lipinski definition) is 10. The Bertz CT molecular complexity index is 1760. The number of nitrogens with zero attached hydrogens (tertiary/aromatic N) is 5. The molecule has 0 aliphatic carbocycles. The Hall–Kier alpha value is -4.83. The van der Waals surface area contributed by atoms with Crippen LogP contribution in [0.15, 0.2) is 77.7 Å². The minimum atomic E-state index is -4.34. The predicted octanol–water partition coefficient (Wildman–Crippen LogP) is 3.43. The zero-order valence-corrected chi connectivity index (χ0v) is 26.2. The average molecular weight is 664 g/mol. The Balaban J connectivity index is 1.17. The molecule has 0 saturated carbocycles. The molecule has 47 heavy (non-hydrogen) atoms. The van der Waals surface area contributed by atoms with Crippen molar-refractivity contribution in [2.75, 3.05) is 39.3 Å². The lowest BCUT2D eigenvalue weighted by atomic mass is 10.1. The molecular weight excluding hydrogens is 630 g/mol. The highest BCUT2D eigenvalue weighted by Gasteiger charge is 2.36. The van der Waals surface area contributed by atoms with Crippen molar-refractivity contribution in [2.45, 2.75) is 30.6 Å². The van der Waals surface area contributed by atoms with Crippen LogP contribution in [0, 0.1) is 10.1 Å². The first kappa shape index (κ1) is 33.5. The first-order valence-electron chi connectivity index (χ1n) is 15.1. The van der Waals surface area contributed by atoms with E-state index in [0.717, 1.165) is 31.3 Å². The molecule has 0 unspecified atom stereocenters. The summed E-state index contributed by atoms with van der Waals surface area (Å²) in [4.78, 5) is 63.1. The molecule has 5 rings (SSSR count). The first-order valence-corrected chi connectivity index (χ1v) is 16.5. The third-order valence-electron chi connectivity index (χ3n) is 8.10. The Labute approximate surface area is 270 Å². The fraction of sp³-hybridized carbons (Fsp3) is 0.312. The maximum absolute atomic E-state index is 13.7. The predicted molar refractivity (Wildman–Crippen MR) is 167 cm³/mol. The Morgan fingerprint density at radius 2 is 1.04 bits per heavy atom. The molecule has 0 saturated heterocycles. The molecule has 0 bridgehead atoms. The van der Waals surface area contributed by atoms with Gasteiger partial charge in [0.05, 0.1) is 27.2 Å². The molecule has 4 amide bonds. The van der Waals surface area contributed by atoms with Gasteiger partial charge in [0.1, 0.15) is 0 Å². The van der Waals surface area contributed by atoms with Crippen LogP contribution in [0.4, 0.5) is 5.69 Å². The first-order chi connectivity index (χ1) is 22.5. The maximum Gasteiger partial charge on any atom is 0.289 e. The van der Waals surface area contributed by atoms with Crippen molar-refractivity contribution in [3.05, 3.63) is 105 Å². The molecule has 15 heteroatoms. The number of para-hydroxylation sites is 1. The second kappa shape index (κ2) is 14.3. The van der Waals surface area contributed by atoms with E-state index in [1.165, 1.54) is 12.1 Å². The third-order valence-corrected chi connectivity index (χ3v) is 10.0. The quantitative estimate of drug-likeness (QED) is 0.103. The van der Waals surface area contributed by atoms with Crippen LogP contribution >= 0.6 is 0 Å². The van der Waals surface area contributed by atoms with Gasteiger partial charge in [0.15, 0.2) is 4.90 Å². The van der Waals surface area contributed by atoms with Crippen LogP contribution < -0.4 is 0 Å². The van der Waals surface area contributed by atoms with Crippen LogP contribution in [0.3, 0.4) is 0 Å². The SMILES string of the molecule is O=C1c2ccccc2C(=O)N1CCCCN(CCCN(O)CCCN1C(=O)c2ccccc2C1=O)S(=O)(=O)c1ccccc1[N+](=O)[O-]. The molecule has 0 radical (unpaired) electrons. The number of nitro benzene ring substituents is 1. The smallest absolute Gasteiger partial charge is 0.289 e. The van der Waals surface area contributed by atoms with Crippen LogP contribution in [0.2, 0.25) is 0 Å². The molecule has 3 aromatic rings. The standard InChI is InChI=1S/C32H33N5O9S/c38-29-23-11-1-2-12-24(23)30(39)35(29)21-8-7-19-34(47(45,46)28-16-6-5-15-27(28)37(43)44)20-9-17-33(42)18-10-22-36-31(40)25-13-3-4-14-26(25)32(36)41/h1-6,11-16,42H,7-10,17-22H2. The van der Waals surface area contributed by atoms with E-state index in [-0.39, 0.29) is 65.0 Å². The Kier molecular flexibility index (Phi) is 10.2. The molecule has 3 aromatic carbocycles. The second-order valence-electron chi connectivity index (χ2n) is 11.1. The second-order valence-corrected chi connectivity index (χ2v) is 13.0. The molecule has 0 atom stereocenters. The van der Waals surface area contributed by atoms with Gasteiger partial charge >= 0.3 is 0 Å². The lowest BCUT2D eigenvalue weighted by Gasteiger charge is -2.24. The molecule has 0 fully saturated rings. The van der Waals surface area contributed by atoms with Crippen molar-refractivity contribution < 1.29 is 37.7 Å². The minimum Gasteiger partial charge on any atom is -0.314 e. The highest BCUT2D eigenvalue weighted by atomic mass is 32.2. The van der Waals surface area contributed by atoms with Crippen molar-refractivity contribution in [3.63, 3.8) is 0 Å². The Morgan fingerprint density at radius 3 is 1.55 bits per heavy atom. The summed E-state index contributed by atoms with van der Waals surface area (Å²) in [7, 11) is -4.34. The number of imide groups is 2. The molecule has 2 aliphatic rings. The fourth-order valence-corrected chi connectivity index (χ4v) is 7.39. The number of carbonyl (C=O) groups excluding carboxylic acids is 4. The highest BCUT2D eigenvalue weighted by molar-refractivity contribution is 7.89. The number of benzene rings is 3. The van der Waals surface area contributed by atoms with Crippen LogP contribution in [0.25, 0.3) is 0 Å². The minimum absolute atomic E-state index is 0.0417. The largest absolute Gasteiger partial charge is 0.314 e. The van der Waals surface area contributed by atoms with Gasteiger partial charge in [-0.1, -0.05) is 36.4 Å². The van der Waals surface area contributed by atoms with Crippen molar-refractivity contribution in [3.8, 4) is 0 Å². The van der Waals surface area contributed by atoms with Crippen molar-refractivity contribution in [1.82, 2.24) is 19.2 Å². The van der Waals surface area contributed by atoms with Crippen molar-refractivity contribution in [2.24, 2.45) is 0 Å². The summed E-state index contributed by atoms with van der Waals surface area (Å²) in [6, 6.07) is 18.0. The number of nitro groups is 1. The molecule has 1 N–H and O–H groups in total. The van der Waals surface area contributed by atoms with Crippen LogP contribution in [0.1, 0.15) is 67.1 Å². The summed E-state index contributed by atoms with van der Waals surface area (Å²) < 4.78 is 28.4. The van der Waals surface area contributed by atoms with Gasteiger partial charge in [-0.25, -0.2) is 8.42 Å². The van der Waals surface area contributed by atoms with Gasteiger partial charge in [-0.2, -0.15) is 9.37 Å². The van der Waals surface area contributed by atoms with Crippen LogP contribution in [-0.4, -0.2) is 101 Å². The van der Waals surface area contributed by atoms with Gasteiger partial charge in [0.2, 0.25) is 10.0 Å². The summed E-state index contributed by atoms with van der Waals surface area (Å²) in [5.74, 6) is -1.62. The summed E-state index contributed by atoms with van der Waals surface area (Å²) in [6.45, 7) is 0.169. The Morgan fingerprint density at radius 1 is 0.617 bits per heavy atom. The van der Waals surface area contributed by atoms with Crippen molar-refractivity contribution >= 4 is 39.3 Å². The van der Waals surface area contributed by atoms with Gasteiger partial charge in [0.25, 0.3) is 29.3 Å².